The van der Waals surface area contributed by atoms with Crippen molar-refractivity contribution in [2.24, 2.45) is 23.2 Å². The first kappa shape index (κ1) is 16.1. The molecule has 0 aromatic heterocycles. The van der Waals surface area contributed by atoms with Gasteiger partial charge in [-0.15, -0.1) is 0 Å². The van der Waals surface area contributed by atoms with Gasteiger partial charge in [-0.05, 0) is 79.5 Å². The molecule has 0 aliphatic heterocycles. The Labute approximate surface area is 144 Å². The number of rotatable bonds is 2. The molecule has 0 heterocycles. The number of hydrogen-bond donors (Lipinski definition) is 2. The van der Waals surface area contributed by atoms with E-state index in [2.05, 4.69) is 13.0 Å². The van der Waals surface area contributed by atoms with Gasteiger partial charge in [0.15, 0.2) is 0 Å². The van der Waals surface area contributed by atoms with E-state index < -0.39 is 6.10 Å². The summed E-state index contributed by atoms with van der Waals surface area (Å²) in [5, 5.41) is 20.1. The van der Waals surface area contributed by atoms with Gasteiger partial charge in [-0.2, -0.15) is 0 Å². The summed E-state index contributed by atoms with van der Waals surface area (Å²) in [6, 6.07) is 5.82. The summed E-state index contributed by atoms with van der Waals surface area (Å²) in [4.78, 5) is 13.0. The topological polar surface area (TPSA) is 57.5 Å². The van der Waals surface area contributed by atoms with Crippen LogP contribution in [0.4, 0.5) is 0 Å². The molecule has 0 amide bonds. The summed E-state index contributed by atoms with van der Waals surface area (Å²) >= 11 is 0. The van der Waals surface area contributed by atoms with E-state index in [1.54, 1.807) is 6.07 Å². The van der Waals surface area contributed by atoms with Gasteiger partial charge in [-0.3, -0.25) is 4.79 Å². The smallest absolute Gasteiger partial charge is 0.144 e. The lowest BCUT2D eigenvalue weighted by Crippen LogP contribution is -2.43. The summed E-state index contributed by atoms with van der Waals surface area (Å²) in [6.45, 7) is 4.12. The van der Waals surface area contributed by atoms with Crippen molar-refractivity contribution in [2.75, 3.05) is 0 Å². The number of hydrogen-bond acceptors (Lipinski definition) is 3. The second-order valence-corrected chi connectivity index (χ2v) is 8.44. The molecule has 0 radical (unpaired) electrons. The number of phenolic OH excluding ortho intramolecular Hbond substituents is 1. The maximum Gasteiger partial charge on any atom is 0.144 e. The van der Waals surface area contributed by atoms with E-state index >= 15 is 0 Å². The molecule has 0 saturated heterocycles. The van der Waals surface area contributed by atoms with Gasteiger partial charge in [-0.1, -0.05) is 19.9 Å². The lowest BCUT2D eigenvalue weighted by molar-refractivity contribution is -0.134. The molecule has 3 heteroatoms. The second kappa shape index (κ2) is 5.59. The van der Waals surface area contributed by atoms with Gasteiger partial charge >= 0.3 is 0 Å². The highest BCUT2D eigenvalue weighted by Gasteiger charge is 2.58. The average Bonchev–Trinajstić information content (AvgIpc) is 2.85. The highest BCUT2D eigenvalue weighted by Crippen LogP contribution is 2.61. The van der Waals surface area contributed by atoms with E-state index in [-0.39, 0.29) is 11.3 Å². The molecular weight excluding hydrogens is 300 g/mol. The number of aliphatic hydroxyl groups excluding tert-OH is 1. The Kier molecular flexibility index (Phi) is 3.76. The third-order valence-corrected chi connectivity index (χ3v) is 7.39. The number of benzene rings is 1. The predicted octanol–water partition coefficient (Wildman–Crippen LogP) is 3.81. The van der Waals surface area contributed by atoms with Crippen molar-refractivity contribution >= 4 is 5.78 Å². The number of phenols is 1. The quantitative estimate of drug-likeness (QED) is 0.868. The monoisotopic (exact) mass is 328 g/mol. The fourth-order valence-electron chi connectivity index (χ4n) is 6.05. The van der Waals surface area contributed by atoms with E-state index in [0.29, 0.717) is 35.7 Å². The molecule has 130 valence electrons. The third-order valence-electron chi connectivity index (χ3n) is 7.39. The Balaban J connectivity index is 1.67. The van der Waals surface area contributed by atoms with Crippen LogP contribution in [-0.2, 0) is 11.2 Å². The first-order valence-corrected chi connectivity index (χ1v) is 9.50. The van der Waals surface area contributed by atoms with Crippen LogP contribution in [0.5, 0.6) is 5.75 Å². The maximum atomic E-state index is 13.0. The summed E-state index contributed by atoms with van der Waals surface area (Å²) < 4.78 is 0. The van der Waals surface area contributed by atoms with Crippen LogP contribution in [0.25, 0.3) is 0 Å². The van der Waals surface area contributed by atoms with Crippen molar-refractivity contribution < 1.29 is 15.0 Å². The summed E-state index contributed by atoms with van der Waals surface area (Å²) in [6.07, 6.45) is 5.12. The predicted molar refractivity (Wildman–Crippen MR) is 92.9 cm³/mol. The number of fused-ring (bicyclic) bond motifs is 5. The fraction of sp³-hybridized carbons (Fsp3) is 0.667. The first-order chi connectivity index (χ1) is 11.5. The molecule has 2 fully saturated rings. The highest BCUT2D eigenvalue weighted by molar-refractivity contribution is 5.90. The average molecular weight is 328 g/mol. The summed E-state index contributed by atoms with van der Waals surface area (Å²) in [7, 11) is 0. The number of carbonyl (C=O) groups is 1. The Bertz CT molecular complexity index is 667. The second-order valence-electron chi connectivity index (χ2n) is 8.44. The SMILES string of the molecule is CCC(O)C1CC2C3CCc4cc(O)ccc4C3CC[C@]2(C)C1=O. The number of ketones is 1. The molecule has 24 heavy (non-hydrogen) atoms. The zero-order chi connectivity index (χ0) is 17.1. The molecule has 2 saturated carbocycles. The van der Waals surface area contributed by atoms with Crippen molar-refractivity contribution in [3.63, 3.8) is 0 Å². The van der Waals surface area contributed by atoms with Crippen molar-refractivity contribution in [1.29, 1.82) is 0 Å². The van der Waals surface area contributed by atoms with Crippen LogP contribution in [0.1, 0.15) is 63.0 Å². The van der Waals surface area contributed by atoms with Gasteiger partial charge in [-0.25, -0.2) is 0 Å². The number of Topliss-reactive ketones (excluding diaryl/α,β-unsaturated/α-hetero) is 1. The first-order valence-electron chi connectivity index (χ1n) is 9.50. The van der Waals surface area contributed by atoms with Crippen LogP contribution in [0, 0.1) is 23.2 Å². The third kappa shape index (κ3) is 2.17. The highest BCUT2D eigenvalue weighted by atomic mass is 16.3. The van der Waals surface area contributed by atoms with Crippen LogP contribution in [0.2, 0.25) is 0 Å². The van der Waals surface area contributed by atoms with Gasteiger partial charge < -0.3 is 10.2 Å². The van der Waals surface area contributed by atoms with Gasteiger partial charge in [0.25, 0.3) is 0 Å². The molecule has 3 aliphatic rings. The van der Waals surface area contributed by atoms with E-state index in [9.17, 15) is 15.0 Å². The molecule has 0 bridgehead atoms. The molecular formula is C21H28O3. The number of carbonyl (C=O) groups excluding carboxylic acids is 1. The lowest BCUT2D eigenvalue weighted by Gasteiger charge is -2.48. The van der Waals surface area contributed by atoms with Crippen LogP contribution < -0.4 is 0 Å². The van der Waals surface area contributed by atoms with E-state index in [1.807, 2.05) is 13.0 Å². The fourth-order valence-corrected chi connectivity index (χ4v) is 6.05. The lowest BCUT2D eigenvalue weighted by atomic mass is 9.55. The van der Waals surface area contributed by atoms with E-state index in [0.717, 1.165) is 32.1 Å². The molecule has 1 aromatic rings. The number of aliphatic hydroxyl groups is 1. The van der Waals surface area contributed by atoms with Gasteiger partial charge in [0.2, 0.25) is 0 Å². The normalized spacial score (nSPS) is 39.0. The Morgan fingerprint density at radius 1 is 1.33 bits per heavy atom. The van der Waals surface area contributed by atoms with Crippen LogP contribution in [0.15, 0.2) is 18.2 Å². The molecule has 3 nitrogen and oxygen atoms in total. The molecule has 1 aromatic carbocycles. The molecule has 4 rings (SSSR count). The summed E-state index contributed by atoms with van der Waals surface area (Å²) in [5.41, 5.74) is 2.43. The maximum absolute atomic E-state index is 13.0. The van der Waals surface area contributed by atoms with Crippen molar-refractivity contribution in [3.05, 3.63) is 29.3 Å². The Morgan fingerprint density at radius 2 is 2.12 bits per heavy atom. The molecule has 2 N–H and O–H groups in total. The van der Waals surface area contributed by atoms with Crippen LogP contribution in [0.3, 0.4) is 0 Å². The molecule has 6 atom stereocenters. The largest absolute Gasteiger partial charge is 0.508 e. The standard InChI is InChI=1S/C21H28O3/c1-3-19(23)17-11-18-16-6-4-12-10-13(22)5-7-14(12)15(16)8-9-21(18,2)20(17)24/h5,7,10,15-19,22-23H,3-4,6,8-9,11H2,1-2H3/t15?,16?,17?,18?,19?,21-/m0/s1. The van der Waals surface area contributed by atoms with E-state index in [1.165, 1.54) is 11.1 Å². The summed E-state index contributed by atoms with van der Waals surface area (Å²) in [5.74, 6) is 1.96. The van der Waals surface area contributed by atoms with Crippen LogP contribution in [-0.4, -0.2) is 22.1 Å². The number of aromatic hydroxyl groups is 1. The van der Waals surface area contributed by atoms with Crippen molar-refractivity contribution in [3.8, 4) is 5.75 Å². The minimum absolute atomic E-state index is 0.162. The Hall–Kier alpha value is -1.35. The molecule has 3 aliphatic carbocycles. The van der Waals surface area contributed by atoms with E-state index in [4.69, 9.17) is 0 Å². The van der Waals surface area contributed by atoms with Crippen molar-refractivity contribution in [2.45, 2.75) is 64.4 Å². The van der Waals surface area contributed by atoms with Crippen molar-refractivity contribution in [1.82, 2.24) is 0 Å². The van der Waals surface area contributed by atoms with Gasteiger partial charge in [0, 0.05) is 11.3 Å². The van der Waals surface area contributed by atoms with Crippen LogP contribution >= 0.6 is 0 Å². The minimum Gasteiger partial charge on any atom is -0.508 e. The van der Waals surface area contributed by atoms with Gasteiger partial charge in [0.05, 0.1) is 6.10 Å². The zero-order valence-electron chi connectivity index (χ0n) is 14.7. The number of aryl methyl sites for hydroxylation is 1. The minimum atomic E-state index is -0.480. The Morgan fingerprint density at radius 3 is 2.88 bits per heavy atom. The molecule has 5 unspecified atom stereocenters. The molecule has 0 spiro atoms. The van der Waals surface area contributed by atoms with Gasteiger partial charge in [0.1, 0.15) is 11.5 Å². The zero-order valence-corrected chi connectivity index (χ0v) is 14.7.